The zero-order valence-corrected chi connectivity index (χ0v) is 10.2. The average molecular weight is 263 g/mol. The van der Waals surface area contributed by atoms with E-state index in [2.05, 4.69) is 35.7 Å². The maximum absolute atomic E-state index is 11.3. The first-order valence-corrected chi connectivity index (χ1v) is 5.56. The standard InChI is InChI=1S/C9H13N9O/c1-2-12-6(19)3-13-8-15-7(10)16-9(17-8)18-5-11-4-14-18/h4-5H,2-3H2,1H3,(H,12,19)(H3,10,13,15,16,17). The minimum atomic E-state index is -0.163. The number of nitrogens with zero attached hydrogens (tertiary/aromatic N) is 6. The molecular weight excluding hydrogens is 250 g/mol. The Morgan fingerprint density at radius 3 is 2.95 bits per heavy atom. The molecule has 0 bridgehead atoms. The molecule has 2 heterocycles. The Morgan fingerprint density at radius 1 is 1.42 bits per heavy atom. The number of nitrogen functional groups attached to an aromatic ring is 1. The van der Waals surface area contributed by atoms with Crippen LogP contribution in [0.5, 0.6) is 0 Å². The molecule has 1 amide bonds. The van der Waals surface area contributed by atoms with Crippen molar-refractivity contribution in [2.24, 2.45) is 0 Å². The summed E-state index contributed by atoms with van der Waals surface area (Å²) in [5.74, 6) is 0.287. The van der Waals surface area contributed by atoms with Crippen LogP contribution >= 0.6 is 0 Å². The summed E-state index contributed by atoms with van der Waals surface area (Å²) in [6.45, 7) is 2.44. The molecule has 0 saturated carbocycles. The minimum absolute atomic E-state index is 0.0268. The number of likely N-dealkylation sites (N-methyl/N-ethyl adjacent to an activating group) is 1. The van der Waals surface area contributed by atoms with Gasteiger partial charge >= 0.3 is 0 Å². The lowest BCUT2D eigenvalue weighted by atomic mass is 10.5. The van der Waals surface area contributed by atoms with E-state index >= 15 is 0 Å². The van der Waals surface area contributed by atoms with Crippen molar-refractivity contribution in [2.75, 3.05) is 24.1 Å². The lowest BCUT2D eigenvalue weighted by Crippen LogP contribution is -2.30. The molecule has 0 spiro atoms. The Kier molecular flexibility index (Phi) is 3.81. The fraction of sp³-hybridized carbons (Fsp3) is 0.333. The van der Waals surface area contributed by atoms with Crippen molar-refractivity contribution < 1.29 is 4.79 Å². The van der Waals surface area contributed by atoms with Gasteiger partial charge in [0.05, 0.1) is 6.54 Å². The number of rotatable bonds is 5. The van der Waals surface area contributed by atoms with E-state index in [9.17, 15) is 4.79 Å². The smallest absolute Gasteiger partial charge is 0.258 e. The van der Waals surface area contributed by atoms with Gasteiger partial charge in [0.25, 0.3) is 5.95 Å². The van der Waals surface area contributed by atoms with Gasteiger partial charge in [-0.2, -0.15) is 24.7 Å². The second kappa shape index (κ2) is 5.71. The number of anilines is 2. The number of aromatic nitrogens is 6. The van der Waals surface area contributed by atoms with Crippen LogP contribution in [-0.2, 0) is 4.79 Å². The molecule has 2 rings (SSSR count). The largest absolute Gasteiger partial charge is 0.368 e. The van der Waals surface area contributed by atoms with Gasteiger partial charge in [-0.3, -0.25) is 4.79 Å². The molecule has 0 aliphatic heterocycles. The van der Waals surface area contributed by atoms with Crippen LogP contribution in [-0.4, -0.2) is 48.7 Å². The van der Waals surface area contributed by atoms with Crippen molar-refractivity contribution in [2.45, 2.75) is 6.92 Å². The molecule has 0 radical (unpaired) electrons. The molecule has 10 nitrogen and oxygen atoms in total. The van der Waals surface area contributed by atoms with Crippen LogP contribution in [0.25, 0.3) is 5.95 Å². The van der Waals surface area contributed by atoms with Crippen LogP contribution in [0.3, 0.4) is 0 Å². The maximum Gasteiger partial charge on any atom is 0.258 e. The van der Waals surface area contributed by atoms with Gasteiger partial charge in [0.1, 0.15) is 12.7 Å². The Bertz CT molecular complexity index is 553. The highest BCUT2D eigenvalue weighted by molar-refractivity contribution is 5.80. The predicted molar refractivity (Wildman–Crippen MR) is 66.3 cm³/mol. The van der Waals surface area contributed by atoms with E-state index in [-0.39, 0.29) is 30.3 Å². The number of amides is 1. The summed E-state index contributed by atoms with van der Waals surface area (Å²) in [4.78, 5) is 27.0. The van der Waals surface area contributed by atoms with Crippen molar-refractivity contribution >= 4 is 17.8 Å². The molecule has 0 aromatic carbocycles. The van der Waals surface area contributed by atoms with Gasteiger partial charge < -0.3 is 16.4 Å². The number of nitrogens with one attached hydrogen (secondary N) is 2. The van der Waals surface area contributed by atoms with Crippen LogP contribution in [0.1, 0.15) is 6.92 Å². The van der Waals surface area contributed by atoms with Crippen molar-refractivity contribution in [3.8, 4) is 5.95 Å². The molecule has 2 aromatic rings. The van der Waals surface area contributed by atoms with Gasteiger partial charge in [0.2, 0.25) is 17.8 Å². The number of carbonyl (C=O) groups excluding carboxylic acids is 1. The second-order valence-electron chi connectivity index (χ2n) is 3.46. The summed E-state index contributed by atoms with van der Waals surface area (Å²) < 4.78 is 1.34. The number of hydrogen-bond donors (Lipinski definition) is 3. The van der Waals surface area contributed by atoms with Crippen molar-refractivity contribution in [1.29, 1.82) is 0 Å². The molecule has 19 heavy (non-hydrogen) atoms. The molecule has 100 valence electrons. The maximum atomic E-state index is 11.3. The molecule has 0 atom stereocenters. The molecule has 0 saturated heterocycles. The number of hydrogen-bond acceptors (Lipinski definition) is 8. The SMILES string of the molecule is CCNC(=O)CNc1nc(N)nc(-n2cncn2)n1. The monoisotopic (exact) mass is 263 g/mol. The highest BCUT2D eigenvalue weighted by Gasteiger charge is 2.08. The average Bonchev–Trinajstić information content (AvgIpc) is 2.90. The van der Waals surface area contributed by atoms with Crippen molar-refractivity contribution in [3.63, 3.8) is 0 Å². The molecule has 2 aromatic heterocycles. The highest BCUT2D eigenvalue weighted by Crippen LogP contribution is 2.05. The molecule has 4 N–H and O–H groups in total. The first-order valence-electron chi connectivity index (χ1n) is 5.56. The molecule has 0 aliphatic carbocycles. The molecular formula is C9H13N9O. The Morgan fingerprint density at radius 2 is 2.26 bits per heavy atom. The quantitative estimate of drug-likeness (QED) is 0.598. The third-order valence-electron chi connectivity index (χ3n) is 2.05. The van der Waals surface area contributed by atoms with Crippen LogP contribution in [0.15, 0.2) is 12.7 Å². The summed E-state index contributed by atoms with van der Waals surface area (Å²) in [7, 11) is 0. The van der Waals surface area contributed by atoms with Crippen LogP contribution < -0.4 is 16.4 Å². The van der Waals surface area contributed by atoms with Gasteiger partial charge in [-0.1, -0.05) is 0 Å². The fourth-order valence-electron chi connectivity index (χ4n) is 1.29. The lowest BCUT2D eigenvalue weighted by Gasteiger charge is -2.06. The predicted octanol–water partition coefficient (Wildman–Crippen LogP) is -1.42. The Labute approximate surface area is 108 Å². The van der Waals surface area contributed by atoms with Gasteiger partial charge in [-0.05, 0) is 6.92 Å². The van der Waals surface area contributed by atoms with Gasteiger partial charge in [-0.25, -0.2) is 4.98 Å². The molecule has 0 fully saturated rings. The van der Waals surface area contributed by atoms with Gasteiger partial charge in [0, 0.05) is 6.54 Å². The minimum Gasteiger partial charge on any atom is -0.368 e. The molecule has 0 aliphatic rings. The zero-order valence-electron chi connectivity index (χ0n) is 10.2. The van der Waals surface area contributed by atoms with Gasteiger partial charge in [-0.15, -0.1) is 0 Å². The second-order valence-corrected chi connectivity index (χ2v) is 3.46. The normalized spacial score (nSPS) is 10.2. The van der Waals surface area contributed by atoms with Crippen molar-refractivity contribution in [3.05, 3.63) is 12.7 Å². The van der Waals surface area contributed by atoms with Crippen molar-refractivity contribution in [1.82, 2.24) is 35.0 Å². The topological polar surface area (TPSA) is 137 Å². The van der Waals surface area contributed by atoms with E-state index in [1.54, 1.807) is 0 Å². The lowest BCUT2D eigenvalue weighted by molar-refractivity contribution is -0.119. The first kappa shape index (κ1) is 12.7. The highest BCUT2D eigenvalue weighted by atomic mass is 16.1. The van der Waals surface area contributed by atoms with Crippen LogP contribution in [0, 0.1) is 0 Å². The van der Waals surface area contributed by atoms with Gasteiger partial charge in [0.15, 0.2) is 0 Å². The number of nitrogens with two attached hydrogens (primary N) is 1. The van der Waals surface area contributed by atoms with E-state index in [1.807, 2.05) is 6.92 Å². The summed E-state index contributed by atoms with van der Waals surface area (Å²) in [6, 6.07) is 0. The summed E-state index contributed by atoms with van der Waals surface area (Å²) >= 11 is 0. The van der Waals surface area contributed by atoms with E-state index in [4.69, 9.17) is 5.73 Å². The fourth-order valence-corrected chi connectivity index (χ4v) is 1.29. The van der Waals surface area contributed by atoms with E-state index < -0.39 is 0 Å². The van der Waals surface area contributed by atoms with E-state index in [1.165, 1.54) is 17.3 Å². The molecule has 0 unspecified atom stereocenters. The zero-order chi connectivity index (χ0) is 13.7. The summed E-state index contributed by atoms with van der Waals surface area (Å²) in [5, 5.41) is 9.28. The summed E-state index contributed by atoms with van der Waals surface area (Å²) in [6.07, 6.45) is 2.78. The summed E-state index contributed by atoms with van der Waals surface area (Å²) in [5.41, 5.74) is 5.57. The van der Waals surface area contributed by atoms with E-state index in [0.717, 1.165) is 0 Å². The molecule has 10 heteroatoms. The number of carbonyl (C=O) groups is 1. The third kappa shape index (κ3) is 3.34. The Balaban J connectivity index is 2.11. The van der Waals surface area contributed by atoms with Crippen LogP contribution in [0.4, 0.5) is 11.9 Å². The first-order chi connectivity index (χ1) is 9.19. The third-order valence-corrected chi connectivity index (χ3v) is 2.05. The Hall–Kier alpha value is -2.78. The van der Waals surface area contributed by atoms with E-state index in [0.29, 0.717) is 6.54 Å². The van der Waals surface area contributed by atoms with Crippen LogP contribution in [0.2, 0.25) is 0 Å².